The molecule has 2 rings (SSSR count). The van der Waals surface area contributed by atoms with Crippen molar-refractivity contribution in [2.45, 2.75) is 26.8 Å². The second-order valence-corrected chi connectivity index (χ2v) is 4.54. The van der Waals surface area contributed by atoms with Gasteiger partial charge < -0.3 is 0 Å². The third kappa shape index (κ3) is 2.46. The predicted molar refractivity (Wildman–Crippen MR) is 69.9 cm³/mol. The van der Waals surface area contributed by atoms with Crippen molar-refractivity contribution < 1.29 is 0 Å². The van der Waals surface area contributed by atoms with Crippen LogP contribution in [0.5, 0.6) is 0 Å². The first-order valence-electron chi connectivity index (χ1n) is 5.77. The maximum absolute atomic E-state index is 11.9. The van der Waals surface area contributed by atoms with Crippen LogP contribution in [0.4, 0.5) is 0 Å². The van der Waals surface area contributed by atoms with E-state index in [1.165, 1.54) is 6.07 Å². The molecule has 2 aromatic heterocycles. The third-order valence-corrected chi connectivity index (χ3v) is 3.07. The quantitative estimate of drug-likeness (QED) is 0.792. The van der Waals surface area contributed by atoms with Gasteiger partial charge in [-0.2, -0.15) is 5.10 Å². The number of rotatable bonds is 3. The van der Waals surface area contributed by atoms with Gasteiger partial charge in [0.15, 0.2) is 0 Å². The molecule has 0 aliphatic carbocycles. The lowest BCUT2D eigenvalue weighted by molar-refractivity contribution is 0.627. The molecule has 0 spiro atoms. The minimum Gasteiger partial charge on any atom is -0.291 e. The Labute approximate surface area is 110 Å². The molecule has 0 saturated heterocycles. The molecule has 0 aliphatic rings. The van der Waals surface area contributed by atoms with Crippen molar-refractivity contribution in [2.24, 2.45) is 7.05 Å². The van der Waals surface area contributed by atoms with E-state index in [-0.39, 0.29) is 10.7 Å². The monoisotopic (exact) mass is 266 g/mol. The van der Waals surface area contributed by atoms with Crippen molar-refractivity contribution in [3.05, 3.63) is 44.9 Å². The van der Waals surface area contributed by atoms with Gasteiger partial charge >= 0.3 is 0 Å². The summed E-state index contributed by atoms with van der Waals surface area (Å²) in [5.74, 6) is 0.603. The minimum atomic E-state index is -0.147. The first kappa shape index (κ1) is 12.8. The highest BCUT2D eigenvalue weighted by Gasteiger charge is 2.09. The molecule has 0 atom stereocenters. The molecule has 0 aliphatic heterocycles. The number of aryl methyl sites for hydroxylation is 3. The van der Waals surface area contributed by atoms with Gasteiger partial charge in [-0.3, -0.25) is 14.0 Å². The van der Waals surface area contributed by atoms with Crippen LogP contribution in [0, 0.1) is 6.92 Å². The van der Waals surface area contributed by atoms with Crippen LogP contribution in [0.3, 0.4) is 0 Å². The van der Waals surface area contributed by atoms with Crippen molar-refractivity contribution in [3.63, 3.8) is 0 Å². The smallest absolute Gasteiger partial charge is 0.255 e. The van der Waals surface area contributed by atoms with Crippen molar-refractivity contribution in [1.29, 1.82) is 0 Å². The van der Waals surface area contributed by atoms with E-state index in [1.807, 2.05) is 20.0 Å². The van der Waals surface area contributed by atoms with Gasteiger partial charge in [-0.25, -0.2) is 4.98 Å². The van der Waals surface area contributed by atoms with Gasteiger partial charge in [-0.05, 0) is 19.4 Å². The van der Waals surface area contributed by atoms with Crippen LogP contribution in [0.15, 0.2) is 16.9 Å². The number of hydrogen-bond acceptors (Lipinski definition) is 3. The fourth-order valence-corrected chi connectivity index (χ4v) is 2.05. The molecule has 0 amide bonds. The van der Waals surface area contributed by atoms with Gasteiger partial charge in [0.2, 0.25) is 0 Å². The lowest BCUT2D eigenvalue weighted by atomic mass is 10.3. The van der Waals surface area contributed by atoms with Crippen LogP contribution in [0.1, 0.15) is 24.1 Å². The SMILES string of the molecule is CCc1cc(Cn2c(C)nc(Cl)cc2=O)n(C)n1. The van der Waals surface area contributed by atoms with E-state index in [0.717, 1.165) is 17.8 Å². The van der Waals surface area contributed by atoms with E-state index in [4.69, 9.17) is 11.6 Å². The molecule has 0 saturated carbocycles. The summed E-state index contributed by atoms with van der Waals surface area (Å²) in [6, 6.07) is 3.33. The first-order valence-corrected chi connectivity index (χ1v) is 6.15. The van der Waals surface area contributed by atoms with Gasteiger partial charge in [0.05, 0.1) is 17.9 Å². The van der Waals surface area contributed by atoms with Crippen LogP contribution >= 0.6 is 11.6 Å². The summed E-state index contributed by atoms with van der Waals surface area (Å²) in [5, 5.41) is 4.59. The second-order valence-electron chi connectivity index (χ2n) is 4.15. The Morgan fingerprint density at radius 1 is 1.39 bits per heavy atom. The average molecular weight is 267 g/mol. The summed E-state index contributed by atoms with van der Waals surface area (Å²) in [7, 11) is 1.87. The summed E-state index contributed by atoms with van der Waals surface area (Å²) in [6.45, 7) is 4.27. The molecule has 0 N–H and O–H groups in total. The van der Waals surface area contributed by atoms with Crippen LogP contribution in [-0.4, -0.2) is 19.3 Å². The molecule has 96 valence electrons. The zero-order chi connectivity index (χ0) is 13.3. The summed E-state index contributed by atoms with van der Waals surface area (Å²) in [5.41, 5.74) is 1.84. The van der Waals surface area contributed by atoms with E-state index in [0.29, 0.717) is 12.4 Å². The highest BCUT2D eigenvalue weighted by Crippen LogP contribution is 2.07. The summed E-state index contributed by atoms with van der Waals surface area (Å²) in [6.07, 6.45) is 0.876. The summed E-state index contributed by atoms with van der Waals surface area (Å²) >= 11 is 5.74. The minimum absolute atomic E-state index is 0.147. The van der Waals surface area contributed by atoms with Crippen LogP contribution < -0.4 is 5.56 Å². The largest absolute Gasteiger partial charge is 0.291 e. The van der Waals surface area contributed by atoms with E-state index in [9.17, 15) is 4.79 Å². The number of hydrogen-bond donors (Lipinski definition) is 0. The van der Waals surface area contributed by atoms with E-state index in [2.05, 4.69) is 10.1 Å². The van der Waals surface area contributed by atoms with E-state index in [1.54, 1.807) is 16.2 Å². The van der Waals surface area contributed by atoms with Gasteiger partial charge in [0.25, 0.3) is 5.56 Å². The number of nitrogens with zero attached hydrogens (tertiary/aromatic N) is 4. The van der Waals surface area contributed by atoms with Crippen molar-refractivity contribution in [1.82, 2.24) is 19.3 Å². The highest BCUT2D eigenvalue weighted by molar-refractivity contribution is 6.29. The molecule has 2 aromatic rings. The predicted octanol–water partition coefficient (Wildman–Crippen LogP) is 1.55. The topological polar surface area (TPSA) is 52.7 Å². The Balaban J connectivity index is 2.40. The molecular weight excluding hydrogens is 252 g/mol. The Bertz CT molecular complexity index is 629. The summed E-state index contributed by atoms with van der Waals surface area (Å²) in [4.78, 5) is 15.9. The first-order chi connectivity index (χ1) is 8.51. The lowest BCUT2D eigenvalue weighted by Crippen LogP contribution is -2.24. The molecule has 2 heterocycles. The fraction of sp³-hybridized carbons (Fsp3) is 0.417. The Morgan fingerprint density at radius 3 is 2.67 bits per heavy atom. The molecule has 0 fully saturated rings. The van der Waals surface area contributed by atoms with Crippen molar-refractivity contribution in [3.8, 4) is 0 Å². The third-order valence-electron chi connectivity index (χ3n) is 2.88. The van der Waals surface area contributed by atoms with E-state index < -0.39 is 0 Å². The Kier molecular flexibility index (Phi) is 3.52. The second kappa shape index (κ2) is 4.94. The van der Waals surface area contributed by atoms with Crippen LogP contribution in [0.25, 0.3) is 0 Å². The normalized spacial score (nSPS) is 10.9. The molecule has 0 radical (unpaired) electrons. The maximum Gasteiger partial charge on any atom is 0.255 e. The molecule has 0 bridgehead atoms. The van der Waals surface area contributed by atoms with Crippen molar-refractivity contribution in [2.75, 3.05) is 0 Å². The molecule has 18 heavy (non-hydrogen) atoms. The molecule has 5 nitrogen and oxygen atoms in total. The van der Waals surface area contributed by atoms with Gasteiger partial charge in [-0.15, -0.1) is 0 Å². The molecule has 0 aromatic carbocycles. The Morgan fingerprint density at radius 2 is 2.11 bits per heavy atom. The average Bonchev–Trinajstić information content (AvgIpc) is 2.64. The zero-order valence-electron chi connectivity index (χ0n) is 10.6. The molecular formula is C12H15ClN4O. The maximum atomic E-state index is 11.9. The van der Waals surface area contributed by atoms with Gasteiger partial charge in [0.1, 0.15) is 11.0 Å². The Hall–Kier alpha value is -1.62. The van der Waals surface area contributed by atoms with Crippen LogP contribution in [0.2, 0.25) is 5.15 Å². The lowest BCUT2D eigenvalue weighted by Gasteiger charge is -2.08. The van der Waals surface area contributed by atoms with Gasteiger partial charge in [-0.1, -0.05) is 18.5 Å². The zero-order valence-corrected chi connectivity index (χ0v) is 11.4. The van der Waals surface area contributed by atoms with E-state index >= 15 is 0 Å². The number of halogens is 1. The highest BCUT2D eigenvalue weighted by atomic mass is 35.5. The van der Waals surface area contributed by atoms with Crippen LogP contribution in [-0.2, 0) is 20.0 Å². The molecule has 0 unspecified atom stereocenters. The summed E-state index contributed by atoms with van der Waals surface area (Å²) < 4.78 is 3.38. The molecule has 6 heteroatoms. The number of aromatic nitrogens is 4. The van der Waals surface area contributed by atoms with Crippen molar-refractivity contribution >= 4 is 11.6 Å². The fourth-order valence-electron chi connectivity index (χ4n) is 1.83. The van der Waals surface area contributed by atoms with Gasteiger partial charge in [0, 0.05) is 13.1 Å². The standard InChI is InChI=1S/C12H15ClN4O/c1-4-9-5-10(16(3)15-9)7-17-8(2)14-11(13)6-12(17)18/h5-6H,4,7H2,1-3H3.